The van der Waals surface area contributed by atoms with Crippen LogP contribution in [0.1, 0.15) is 41.2 Å². The second-order valence-corrected chi connectivity index (χ2v) is 7.41. The Labute approximate surface area is 139 Å². The lowest BCUT2D eigenvalue weighted by atomic mass is 10.0. The van der Waals surface area contributed by atoms with Gasteiger partial charge in [0.15, 0.2) is 5.13 Å². The number of carbonyl (C=O) groups is 1. The van der Waals surface area contributed by atoms with Crippen molar-refractivity contribution in [3.05, 3.63) is 34.2 Å². The van der Waals surface area contributed by atoms with E-state index in [-0.39, 0.29) is 5.91 Å². The highest BCUT2D eigenvalue weighted by Crippen LogP contribution is 2.29. The van der Waals surface area contributed by atoms with Gasteiger partial charge in [-0.15, -0.1) is 11.3 Å². The van der Waals surface area contributed by atoms with Gasteiger partial charge < -0.3 is 9.73 Å². The van der Waals surface area contributed by atoms with Crippen LogP contribution in [0, 0.1) is 0 Å². The third-order valence-electron chi connectivity index (χ3n) is 4.57. The van der Waals surface area contributed by atoms with E-state index < -0.39 is 0 Å². The average Bonchev–Trinajstić information content (AvgIpc) is 3.09. The Morgan fingerprint density at radius 3 is 3.13 bits per heavy atom. The van der Waals surface area contributed by atoms with E-state index >= 15 is 0 Å². The van der Waals surface area contributed by atoms with E-state index in [1.54, 1.807) is 17.6 Å². The fourth-order valence-corrected chi connectivity index (χ4v) is 4.48. The summed E-state index contributed by atoms with van der Waals surface area (Å²) in [6.07, 6.45) is 8.34. The fourth-order valence-electron chi connectivity index (χ4n) is 3.41. The number of rotatable bonds is 3. The number of aryl methyl sites for hydroxylation is 3. The minimum atomic E-state index is 0.0306. The molecule has 1 aliphatic heterocycles. The molecule has 1 amide bonds. The summed E-state index contributed by atoms with van der Waals surface area (Å²) in [5, 5.41) is 3.75. The van der Waals surface area contributed by atoms with Gasteiger partial charge >= 0.3 is 0 Å². The number of carbonyl (C=O) groups excluding carboxylic acids is 1. The highest BCUT2D eigenvalue weighted by molar-refractivity contribution is 7.15. The van der Waals surface area contributed by atoms with Crippen molar-refractivity contribution in [3.8, 4) is 0 Å². The molecule has 2 aromatic rings. The molecule has 0 spiro atoms. The summed E-state index contributed by atoms with van der Waals surface area (Å²) in [5.74, 6) is 1.10. The zero-order valence-electron chi connectivity index (χ0n) is 13.1. The van der Waals surface area contributed by atoms with E-state index in [1.165, 1.54) is 29.0 Å². The molecule has 23 heavy (non-hydrogen) atoms. The second kappa shape index (κ2) is 6.45. The first-order valence-electron chi connectivity index (χ1n) is 8.34. The molecule has 0 saturated heterocycles. The maximum Gasteiger partial charge on any atom is 0.240 e. The third kappa shape index (κ3) is 3.33. The van der Waals surface area contributed by atoms with E-state index in [1.807, 2.05) is 6.07 Å². The highest BCUT2D eigenvalue weighted by Gasteiger charge is 2.20. The van der Waals surface area contributed by atoms with Gasteiger partial charge in [-0.25, -0.2) is 4.98 Å². The van der Waals surface area contributed by atoms with Crippen molar-refractivity contribution in [1.82, 2.24) is 9.88 Å². The van der Waals surface area contributed by atoms with E-state index in [0.717, 1.165) is 49.7 Å². The quantitative estimate of drug-likeness (QED) is 0.939. The average molecular weight is 331 g/mol. The van der Waals surface area contributed by atoms with E-state index in [4.69, 9.17) is 4.42 Å². The lowest BCUT2D eigenvalue weighted by Gasteiger charge is -2.18. The number of furan rings is 1. The molecule has 2 aromatic heterocycles. The molecular weight excluding hydrogens is 310 g/mol. The van der Waals surface area contributed by atoms with Gasteiger partial charge in [0.1, 0.15) is 5.76 Å². The Kier molecular flexibility index (Phi) is 4.18. The van der Waals surface area contributed by atoms with Gasteiger partial charge in [0, 0.05) is 23.4 Å². The molecule has 4 rings (SSSR count). The van der Waals surface area contributed by atoms with Crippen molar-refractivity contribution in [1.29, 1.82) is 0 Å². The smallest absolute Gasteiger partial charge is 0.240 e. The Bertz CT molecular complexity index is 683. The van der Waals surface area contributed by atoms with Crippen molar-refractivity contribution in [2.45, 2.75) is 45.1 Å². The molecule has 0 bridgehead atoms. The molecule has 122 valence electrons. The predicted octanol–water partition coefficient (Wildman–Crippen LogP) is 3.00. The lowest BCUT2D eigenvalue weighted by Crippen LogP contribution is -2.33. The molecule has 6 heteroatoms. The first kappa shape index (κ1) is 14.9. The van der Waals surface area contributed by atoms with Crippen molar-refractivity contribution >= 4 is 22.4 Å². The Morgan fingerprint density at radius 2 is 2.22 bits per heavy atom. The van der Waals surface area contributed by atoms with E-state index in [9.17, 15) is 4.79 Å². The van der Waals surface area contributed by atoms with Crippen LogP contribution in [0.15, 0.2) is 16.7 Å². The van der Waals surface area contributed by atoms with Crippen LogP contribution in [0.4, 0.5) is 5.13 Å². The molecule has 1 N–H and O–H groups in total. The number of fused-ring (bicyclic) bond motifs is 2. The largest absolute Gasteiger partial charge is 0.469 e. The highest BCUT2D eigenvalue weighted by atomic mass is 32.1. The number of thiazole rings is 1. The molecule has 0 radical (unpaired) electrons. The monoisotopic (exact) mass is 331 g/mol. The molecule has 0 fully saturated rings. The van der Waals surface area contributed by atoms with Gasteiger partial charge in [-0.05, 0) is 44.7 Å². The zero-order chi connectivity index (χ0) is 15.6. The van der Waals surface area contributed by atoms with E-state index in [2.05, 4.69) is 15.2 Å². The summed E-state index contributed by atoms with van der Waals surface area (Å²) < 4.78 is 5.50. The van der Waals surface area contributed by atoms with E-state index in [0.29, 0.717) is 6.54 Å². The molecule has 0 unspecified atom stereocenters. The maximum absolute atomic E-state index is 12.3. The molecule has 5 nitrogen and oxygen atoms in total. The molecule has 1 aliphatic carbocycles. The van der Waals surface area contributed by atoms with Gasteiger partial charge in [-0.1, -0.05) is 0 Å². The molecule has 0 aromatic carbocycles. The van der Waals surface area contributed by atoms with Crippen molar-refractivity contribution < 1.29 is 9.21 Å². The van der Waals surface area contributed by atoms with Crippen LogP contribution in [0.25, 0.3) is 0 Å². The standard InChI is InChI=1S/C17H21N3O2S/c21-16(19-17-18-13-4-1-2-6-15(13)23-17)11-20-8-3-5-14-12(10-20)7-9-22-14/h7,9H,1-6,8,10-11H2,(H,18,19,21). The summed E-state index contributed by atoms with van der Waals surface area (Å²) in [4.78, 5) is 20.5. The summed E-state index contributed by atoms with van der Waals surface area (Å²) >= 11 is 1.64. The lowest BCUT2D eigenvalue weighted by molar-refractivity contribution is -0.117. The summed E-state index contributed by atoms with van der Waals surface area (Å²) in [6.45, 7) is 2.12. The number of nitrogens with zero attached hydrogens (tertiary/aromatic N) is 2. The minimum absolute atomic E-state index is 0.0306. The van der Waals surface area contributed by atoms with Gasteiger partial charge in [-0.3, -0.25) is 9.69 Å². The normalized spacial score (nSPS) is 18.1. The van der Waals surface area contributed by atoms with Crippen molar-refractivity contribution in [2.24, 2.45) is 0 Å². The minimum Gasteiger partial charge on any atom is -0.469 e. The van der Waals surface area contributed by atoms with Gasteiger partial charge in [0.2, 0.25) is 5.91 Å². The third-order valence-corrected chi connectivity index (χ3v) is 5.64. The number of anilines is 1. The SMILES string of the molecule is O=C(CN1CCCc2occc2C1)Nc1nc2c(s1)CCCC2. The zero-order valence-corrected chi connectivity index (χ0v) is 14.0. The van der Waals surface area contributed by atoms with Gasteiger partial charge in [0.25, 0.3) is 0 Å². The number of amides is 1. The summed E-state index contributed by atoms with van der Waals surface area (Å²) in [6, 6.07) is 2.01. The van der Waals surface area contributed by atoms with Crippen LogP contribution in [-0.2, 0) is 30.6 Å². The van der Waals surface area contributed by atoms with Crippen LogP contribution in [-0.4, -0.2) is 28.9 Å². The van der Waals surface area contributed by atoms with Crippen LogP contribution < -0.4 is 5.32 Å². The topological polar surface area (TPSA) is 58.4 Å². The van der Waals surface area contributed by atoms with Gasteiger partial charge in [-0.2, -0.15) is 0 Å². The van der Waals surface area contributed by atoms with Crippen molar-refractivity contribution in [2.75, 3.05) is 18.4 Å². The molecule has 0 saturated carbocycles. The van der Waals surface area contributed by atoms with Crippen LogP contribution >= 0.6 is 11.3 Å². The Hall–Kier alpha value is -1.66. The number of hydrogen-bond acceptors (Lipinski definition) is 5. The van der Waals surface area contributed by atoms with Gasteiger partial charge in [0.05, 0.1) is 18.5 Å². The molecule has 3 heterocycles. The maximum atomic E-state index is 12.3. The van der Waals surface area contributed by atoms with Crippen LogP contribution in [0.2, 0.25) is 0 Å². The van der Waals surface area contributed by atoms with Crippen molar-refractivity contribution in [3.63, 3.8) is 0 Å². The number of aromatic nitrogens is 1. The Balaban J connectivity index is 1.37. The van der Waals surface area contributed by atoms with Crippen LogP contribution in [0.3, 0.4) is 0 Å². The first-order chi connectivity index (χ1) is 11.3. The number of hydrogen-bond donors (Lipinski definition) is 1. The summed E-state index contributed by atoms with van der Waals surface area (Å²) in [5.41, 5.74) is 2.40. The molecular formula is C17H21N3O2S. The second-order valence-electron chi connectivity index (χ2n) is 6.33. The first-order valence-corrected chi connectivity index (χ1v) is 9.15. The fraction of sp³-hybridized carbons (Fsp3) is 0.529. The number of nitrogens with one attached hydrogen (secondary N) is 1. The predicted molar refractivity (Wildman–Crippen MR) is 89.7 cm³/mol. The molecule has 0 atom stereocenters. The Morgan fingerprint density at radius 1 is 1.30 bits per heavy atom. The molecule has 2 aliphatic rings. The van der Waals surface area contributed by atoms with Crippen LogP contribution in [0.5, 0.6) is 0 Å². The summed E-state index contributed by atoms with van der Waals surface area (Å²) in [7, 11) is 0.